The molecule has 0 spiro atoms. The summed E-state index contributed by atoms with van der Waals surface area (Å²) in [7, 11) is 0. The molecule has 0 bridgehead atoms. The third kappa shape index (κ3) is 4.90. The normalized spacial score (nSPS) is 42.0. The van der Waals surface area contributed by atoms with Crippen LogP contribution in [-0.4, -0.2) is 42.9 Å². The van der Waals surface area contributed by atoms with E-state index in [0.29, 0.717) is 48.5 Å². The Hall–Kier alpha value is -2.31. The molecule has 1 aromatic rings. The summed E-state index contributed by atoms with van der Waals surface area (Å²) in [6, 6.07) is 4.03. The number of carbonyl (C=O) groups excluding carboxylic acids is 2. The van der Waals surface area contributed by atoms with Gasteiger partial charge in [-0.15, -0.1) is 0 Å². The molecule has 1 heterocycles. The van der Waals surface area contributed by atoms with Gasteiger partial charge in [-0.2, -0.15) is 0 Å². The average molecular weight is 629 g/mol. The molecular formula is C40H60N4O2. The van der Waals surface area contributed by atoms with Gasteiger partial charge >= 0.3 is 0 Å². The zero-order valence-corrected chi connectivity index (χ0v) is 29.5. The second-order valence-corrected chi connectivity index (χ2v) is 17.3. The Bertz CT molecular complexity index is 1390. The molecule has 4 N–H and O–H groups in total. The van der Waals surface area contributed by atoms with Crippen LogP contribution in [0.15, 0.2) is 42.3 Å². The highest BCUT2D eigenvalue weighted by molar-refractivity contribution is 6.04. The summed E-state index contributed by atoms with van der Waals surface area (Å²) in [6.07, 6.45) is 15.4. The van der Waals surface area contributed by atoms with Crippen molar-refractivity contribution >= 4 is 17.8 Å². The Labute approximate surface area is 278 Å². The molecule has 1 amide bonds. The minimum Gasteiger partial charge on any atom is -0.354 e. The number of rotatable bonds is 8. The number of nitrogens with two attached hydrogens (primary N) is 1. The summed E-state index contributed by atoms with van der Waals surface area (Å²) in [4.78, 5) is 32.5. The summed E-state index contributed by atoms with van der Waals surface area (Å²) in [5, 5.41) is 6.71. The first-order valence-electron chi connectivity index (χ1n) is 18.3. The van der Waals surface area contributed by atoms with Gasteiger partial charge in [-0.1, -0.05) is 46.8 Å². The molecular weight excluding hydrogens is 568 g/mol. The van der Waals surface area contributed by atoms with Gasteiger partial charge in [0.1, 0.15) is 0 Å². The molecule has 6 heteroatoms. The van der Waals surface area contributed by atoms with E-state index in [0.717, 1.165) is 62.8 Å². The number of allylic oxidation sites excluding steroid dienone is 2. The van der Waals surface area contributed by atoms with E-state index < -0.39 is 0 Å². The zero-order valence-electron chi connectivity index (χ0n) is 29.5. The molecule has 5 fully saturated rings. The van der Waals surface area contributed by atoms with Gasteiger partial charge in [0.15, 0.2) is 5.78 Å². The van der Waals surface area contributed by atoms with Gasteiger partial charge in [0.05, 0.1) is 5.41 Å². The smallest absolute Gasteiger partial charge is 0.226 e. The first-order valence-corrected chi connectivity index (χ1v) is 18.3. The Kier molecular flexibility index (Phi) is 8.75. The molecule has 0 radical (unpaired) electrons. The van der Waals surface area contributed by atoms with Crippen LogP contribution in [0.4, 0.5) is 0 Å². The maximum absolute atomic E-state index is 14.2. The number of Topliss-reactive ketones (excluding diaryl/α,β-unsaturated/α-hetero) is 1. The van der Waals surface area contributed by atoms with Crippen molar-refractivity contribution in [2.24, 2.45) is 62.4 Å². The molecule has 252 valence electrons. The van der Waals surface area contributed by atoms with E-state index in [1.165, 1.54) is 24.8 Å². The van der Waals surface area contributed by atoms with Crippen molar-refractivity contribution in [3.05, 3.63) is 47.8 Å². The first kappa shape index (κ1) is 33.6. The number of nitrogens with zero attached hydrogens (tertiary/aromatic N) is 1. The van der Waals surface area contributed by atoms with E-state index in [1.807, 2.05) is 24.5 Å². The van der Waals surface area contributed by atoms with Crippen molar-refractivity contribution < 1.29 is 9.59 Å². The molecule has 1 aromatic heterocycles. The van der Waals surface area contributed by atoms with Crippen LogP contribution in [0.5, 0.6) is 0 Å². The van der Waals surface area contributed by atoms with Crippen LogP contribution >= 0.6 is 0 Å². The van der Waals surface area contributed by atoms with E-state index in [2.05, 4.69) is 69.8 Å². The maximum Gasteiger partial charge on any atom is 0.226 e. The number of aromatic nitrogens is 1. The van der Waals surface area contributed by atoms with E-state index in [9.17, 15) is 9.59 Å². The molecule has 5 aliphatic carbocycles. The molecule has 5 saturated carbocycles. The standard InChI is InChI=1S/C40H60N4O2/c1-26(2)29-10-15-40(35(46)44-23-22-43-21-18-41)17-16-38(6)30(33(29)40)8-9-32-37(5)25-28(24-27-12-19-42-20-13-27)34(45)36(3,4)31(37)11-14-39(32,38)7/h12-13,19-20,24,29-33,43H,1,8-11,14-18,21-23,25,41H2,2-7H3,(H,44,46)/b28-24-/t29-,30+,31-,32+,33+,37-,38+,39+,40-/m0/s1. The summed E-state index contributed by atoms with van der Waals surface area (Å²) in [5.41, 5.74) is 8.61. The van der Waals surface area contributed by atoms with Gasteiger partial charge in [0.25, 0.3) is 0 Å². The molecule has 5 aliphatic rings. The van der Waals surface area contributed by atoms with Crippen LogP contribution in [-0.2, 0) is 9.59 Å². The number of nitrogens with one attached hydrogen (secondary N) is 2. The van der Waals surface area contributed by atoms with Gasteiger partial charge in [-0.25, -0.2) is 0 Å². The number of carbonyl (C=O) groups is 2. The summed E-state index contributed by atoms with van der Waals surface area (Å²) in [6.45, 7) is 21.7. The van der Waals surface area contributed by atoms with Crippen molar-refractivity contribution in [2.45, 2.75) is 99.3 Å². The second-order valence-electron chi connectivity index (χ2n) is 17.3. The van der Waals surface area contributed by atoms with Crippen LogP contribution in [0.2, 0.25) is 0 Å². The zero-order chi connectivity index (χ0) is 33.1. The van der Waals surface area contributed by atoms with Crippen LogP contribution in [0.1, 0.15) is 105 Å². The molecule has 6 nitrogen and oxygen atoms in total. The van der Waals surface area contributed by atoms with Gasteiger partial charge in [0, 0.05) is 44.0 Å². The maximum atomic E-state index is 14.2. The average Bonchev–Trinajstić information content (AvgIpc) is 3.42. The Balaban J connectivity index is 1.34. The molecule has 46 heavy (non-hydrogen) atoms. The molecule has 0 saturated heterocycles. The van der Waals surface area contributed by atoms with Crippen molar-refractivity contribution in [1.29, 1.82) is 0 Å². The fourth-order valence-corrected chi connectivity index (χ4v) is 12.8. The van der Waals surface area contributed by atoms with E-state index in [1.54, 1.807) is 0 Å². The van der Waals surface area contributed by atoms with Crippen molar-refractivity contribution in [2.75, 3.05) is 26.2 Å². The Morgan fingerprint density at radius 3 is 2.39 bits per heavy atom. The second kappa shape index (κ2) is 12.0. The molecule has 0 aliphatic heterocycles. The Morgan fingerprint density at radius 2 is 1.70 bits per heavy atom. The highest BCUT2D eigenvalue weighted by atomic mass is 16.2. The van der Waals surface area contributed by atoms with E-state index in [-0.39, 0.29) is 33.0 Å². The minimum absolute atomic E-state index is 0.0448. The first-order chi connectivity index (χ1) is 21.8. The van der Waals surface area contributed by atoms with E-state index >= 15 is 0 Å². The summed E-state index contributed by atoms with van der Waals surface area (Å²) < 4.78 is 0. The Morgan fingerprint density at radius 1 is 0.957 bits per heavy atom. The van der Waals surface area contributed by atoms with Crippen molar-refractivity contribution in [3.63, 3.8) is 0 Å². The van der Waals surface area contributed by atoms with Gasteiger partial charge in [-0.05, 0) is 140 Å². The molecule has 0 unspecified atom stereocenters. The van der Waals surface area contributed by atoms with Crippen LogP contribution in [0, 0.1) is 56.7 Å². The lowest BCUT2D eigenvalue weighted by Gasteiger charge is -2.72. The van der Waals surface area contributed by atoms with Gasteiger partial charge in [0.2, 0.25) is 5.91 Å². The van der Waals surface area contributed by atoms with Crippen molar-refractivity contribution in [3.8, 4) is 0 Å². The number of ketones is 1. The monoisotopic (exact) mass is 628 g/mol. The quantitative estimate of drug-likeness (QED) is 0.164. The lowest BCUT2D eigenvalue weighted by Crippen LogP contribution is -2.67. The summed E-state index contributed by atoms with van der Waals surface area (Å²) >= 11 is 0. The third-order valence-electron chi connectivity index (χ3n) is 15.1. The topological polar surface area (TPSA) is 97.1 Å². The fourth-order valence-electron chi connectivity index (χ4n) is 12.8. The predicted octanol–water partition coefficient (Wildman–Crippen LogP) is 6.97. The highest BCUT2D eigenvalue weighted by Crippen LogP contribution is 2.77. The van der Waals surface area contributed by atoms with E-state index in [4.69, 9.17) is 5.73 Å². The van der Waals surface area contributed by atoms with Crippen LogP contribution in [0.3, 0.4) is 0 Å². The van der Waals surface area contributed by atoms with Crippen molar-refractivity contribution in [1.82, 2.24) is 15.6 Å². The number of hydrogen-bond donors (Lipinski definition) is 3. The van der Waals surface area contributed by atoms with Gasteiger partial charge < -0.3 is 16.4 Å². The van der Waals surface area contributed by atoms with Crippen LogP contribution < -0.4 is 16.4 Å². The molecule has 9 atom stereocenters. The van der Waals surface area contributed by atoms with Gasteiger partial charge in [-0.3, -0.25) is 14.6 Å². The lowest BCUT2D eigenvalue weighted by molar-refractivity contribution is -0.229. The number of amides is 1. The minimum atomic E-state index is -0.389. The number of hydrogen-bond acceptors (Lipinski definition) is 5. The van der Waals surface area contributed by atoms with Crippen LogP contribution in [0.25, 0.3) is 6.08 Å². The molecule has 6 rings (SSSR count). The number of fused-ring (bicyclic) bond motifs is 7. The highest BCUT2D eigenvalue weighted by Gasteiger charge is 2.72. The third-order valence-corrected chi connectivity index (χ3v) is 15.1. The lowest BCUT2D eigenvalue weighted by atomic mass is 9.32. The largest absolute Gasteiger partial charge is 0.354 e. The summed E-state index contributed by atoms with van der Waals surface area (Å²) in [5.74, 6) is 2.76. The predicted molar refractivity (Wildman–Crippen MR) is 187 cm³/mol. The molecule has 0 aromatic carbocycles. The number of pyridine rings is 1. The fraction of sp³-hybridized carbons (Fsp3) is 0.725. The SMILES string of the molecule is C=C(C)[C@@H]1CC[C@]2(C(=O)NCCNCCN)CC[C@]3(C)[C@H](CC[C@@H]4[C@@]5(C)C/C(=C/c6ccncc6)C(=O)C(C)(C)[C@@H]5CC[C@]43C)[C@@H]12.